The number of guanidine groups is 1. The van der Waals surface area contributed by atoms with Gasteiger partial charge in [-0.3, -0.25) is 9.79 Å². The highest BCUT2D eigenvalue weighted by atomic mass is 19.4. The second kappa shape index (κ2) is 9.95. The van der Waals surface area contributed by atoms with Crippen LogP contribution in [0.3, 0.4) is 0 Å². The van der Waals surface area contributed by atoms with E-state index in [0.717, 1.165) is 11.6 Å². The molecule has 2 rings (SSSR count). The number of aliphatic imine (C=N–C) groups is 1. The Bertz CT molecular complexity index is 865. The Kier molecular flexibility index (Phi) is 7.64. The third-order valence-corrected chi connectivity index (χ3v) is 4.55. The third kappa shape index (κ3) is 6.81. The van der Waals surface area contributed by atoms with Crippen LogP contribution in [0.1, 0.15) is 46.3 Å². The van der Waals surface area contributed by atoms with Gasteiger partial charge in [-0.2, -0.15) is 13.2 Å². The van der Waals surface area contributed by atoms with Gasteiger partial charge in [0.1, 0.15) is 0 Å². The summed E-state index contributed by atoms with van der Waals surface area (Å²) < 4.78 is 38.6. The number of rotatable bonds is 7. The first-order valence-corrected chi connectivity index (χ1v) is 9.21. The second-order valence-electron chi connectivity index (χ2n) is 6.73. The summed E-state index contributed by atoms with van der Waals surface area (Å²) in [6.07, 6.45) is -3.70. The summed E-state index contributed by atoms with van der Waals surface area (Å²) >= 11 is 0. The minimum Gasteiger partial charge on any atom is -0.366 e. The van der Waals surface area contributed by atoms with Gasteiger partial charge in [-0.25, -0.2) is 0 Å². The van der Waals surface area contributed by atoms with Crippen molar-refractivity contribution in [2.45, 2.75) is 32.0 Å². The molecule has 0 aliphatic heterocycles. The molecule has 0 fully saturated rings. The van der Waals surface area contributed by atoms with Gasteiger partial charge in [0.05, 0.1) is 5.56 Å². The smallest absolute Gasteiger partial charge is 0.366 e. The molecule has 1 amide bonds. The first kappa shape index (κ1) is 22.3. The van der Waals surface area contributed by atoms with Gasteiger partial charge in [-0.1, -0.05) is 37.3 Å². The van der Waals surface area contributed by atoms with Crippen LogP contribution in [-0.4, -0.2) is 25.5 Å². The molecule has 0 heterocycles. The van der Waals surface area contributed by atoms with Crippen molar-refractivity contribution in [2.24, 2.45) is 10.7 Å². The molecule has 2 aromatic carbocycles. The number of nitrogens with zero attached hydrogens (tertiary/aromatic N) is 1. The number of nitrogens with one attached hydrogen (secondary N) is 2. The number of hydrogen-bond acceptors (Lipinski definition) is 2. The predicted octanol–water partition coefficient (Wildman–Crippen LogP) is 3.66. The lowest BCUT2D eigenvalue weighted by Crippen LogP contribution is -2.37. The zero-order chi connectivity index (χ0) is 21.4. The van der Waals surface area contributed by atoms with Crippen LogP contribution in [-0.2, 0) is 12.7 Å². The monoisotopic (exact) mass is 406 g/mol. The molecule has 0 bridgehead atoms. The molecule has 0 radical (unpaired) electrons. The van der Waals surface area contributed by atoms with Crippen molar-refractivity contribution in [1.29, 1.82) is 0 Å². The molecule has 1 unspecified atom stereocenters. The molecular formula is C21H25F3N4O. The summed E-state index contributed by atoms with van der Waals surface area (Å²) in [4.78, 5) is 15.4. The first-order valence-electron chi connectivity index (χ1n) is 9.21. The van der Waals surface area contributed by atoms with E-state index in [-0.39, 0.29) is 5.92 Å². The maximum Gasteiger partial charge on any atom is 0.416 e. The van der Waals surface area contributed by atoms with Crippen molar-refractivity contribution in [3.63, 3.8) is 0 Å². The number of carbonyl (C=O) groups excluding carboxylic acids is 1. The van der Waals surface area contributed by atoms with E-state index < -0.39 is 17.6 Å². The van der Waals surface area contributed by atoms with E-state index in [2.05, 4.69) is 15.6 Å². The number of nitrogens with two attached hydrogens (primary N) is 1. The lowest BCUT2D eigenvalue weighted by molar-refractivity contribution is -0.137. The Morgan fingerprint density at radius 3 is 2.52 bits per heavy atom. The molecular weight excluding hydrogens is 381 g/mol. The molecule has 0 saturated heterocycles. The Labute approximate surface area is 168 Å². The van der Waals surface area contributed by atoms with E-state index in [1.54, 1.807) is 31.3 Å². The average molecular weight is 406 g/mol. The average Bonchev–Trinajstić information content (AvgIpc) is 2.70. The fourth-order valence-electron chi connectivity index (χ4n) is 2.84. The topological polar surface area (TPSA) is 79.5 Å². The summed E-state index contributed by atoms with van der Waals surface area (Å²) in [5, 5.41) is 6.28. The van der Waals surface area contributed by atoms with Crippen molar-refractivity contribution in [1.82, 2.24) is 10.6 Å². The summed E-state index contributed by atoms with van der Waals surface area (Å²) in [6.45, 7) is 2.88. The minimum absolute atomic E-state index is 0.0462. The summed E-state index contributed by atoms with van der Waals surface area (Å²) in [6, 6.07) is 12.4. The number of carbonyl (C=O) groups is 1. The number of alkyl halides is 3. The van der Waals surface area contributed by atoms with Gasteiger partial charge in [0, 0.05) is 25.7 Å². The van der Waals surface area contributed by atoms with Crippen LogP contribution in [0.4, 0.5) is 13.2 Å². The fourth-order valence-corrected chi connectivity index (χ4v) is 2.84. The molecule has 4 N–H and O–H groups in total. The molecule has 0 spiro atoms. The van der Waals surface area contributed by atoms with Crippen molar-refractivity contribution in [3.8, 4) is 0 Å². The highest BCUT2D eigenvalue weighted by Gasteiger charge is 2.30. The Morgan fingerprint density at radius 1 is 1.14 bits per heavy atom. The second-order valence-corrected chi connectivity index (χ2v) is 6.73. The zero-order valence-corrected chi connectivity index (χ0v) is 16.4. The Morgan fingerprint density at radius 2 is 1.86 bits per heavy atom. The number of primary amides is 1. The van der Waals surface area contributed by atoms with Crippen LogP contribution in [0.25, 0.3) is 0 Å². The quantitative estimate of drug-likeness (QED) is 0.485. The molecule has 8 heteroatoms. The third-order valence-electron chi connectivity index (χ3n) is 4.55. The molecule has 0 saturated carbocycles. The number of halogens is 3. The lowest BCUT2D eigenvalue weighted by atomic mass is 9.96. The number of amides is 1. The maximum absolute atomic E-state index is 12.9. The molecule has 156 valence electrons. The van der Waals surface area contributed by atoms with Crippen LogP contribution >= 0.6 is 0 Å². The van der Waals surface area contributed by atoms with Crippen molar-refractivity contribution in [2.75, 3.05) is 13.6 Å². The van der Waals surface area contributed by atoms with Crippen LogP contribution in [0.15, 0.2) is 53.5 Å². The van der Waals surface area contributed by atoms with Crippen LogP contribution < -0.4 is 16.4 Å². The fraction of sp³-hybridized carbons (Fsp3) is 0.333. The van der Waals surface area contributed by atoms with Crippen LogP contribution in [0.2, 0.25) is 0 Å². The van der Waals surface area contributed by atoms with E-state index in [4.69, 9.17) is 5.73 Å². The molecule has 5 nitrogen and oxygen atoms in total. The minimum atomic E-state index is -4.34. The van der Waals surface area contributed by atoms with Crippen molar-refractivity contribution >= 4 is 11.9 Å². The van der Waals surface area contributed by atoms with Crippen LogP contribution in [0, 0.1) is 0 Å². The molecule has 0 aliphatic carbocycles. The Hall–Kier alpha value is -3.03. The molecule has 2 aromatic rings. The van der Waals surface area contributed by atoms with Crippen molar-refractivity contribution in [3.05, 3.63) is 70.8 Å². The highest BCUT2D eigenvalue weighted by molar-refractivity contribution is 5.92. The van der Waals surface area contributed by atoms with Gasteiger partial charge >= 0.3 is 6.18 Å². The lowest BCUT2D eigenvalue weighted by Gasteiger charge is -2.16. The zero-order valence-electron chi connectivity index (χ0n) is 16.4. The Balaban J connectivity index is 1.85. The van der Waals surface area contributed by atoms with Gasteiger partial charge in [0.2, 0.25) is 5.91 Å². The number of hydrogen-bond donors (Lipinski definition) is 3. The van der Waals surface area contributed by atoms with Gasteiger partial charge in [-0.15, -0.1) is 0 Å². The summed E-state index contributed by atoms with van der Waals surface area (Å²) in [5.41, 5.74) is 6.60. The van der Waals surface area contributed by atoms with E-state index in [1.165, 1.54) is 12.1 Å². The first-order chi connectivity index (χ1) is 13.7. The van der Waals surface area contributed by atoms with Gasteiger partial charge in [0.25, 0.3) is 0 Å². The van der Waals surface area contributed by atoms with E-state index in [1.807, 2.05) is 13.0 Å². The van der Waals surface area contributed by atoms with Gasteiger partial charge < -0.3 is 16.4 Å². The molecule has 1 atom stereocenters. The highest BCUT2D eigenvalue weighted by Crippen LogP contribution is 2.31. The molecule has 0 aliphatic rings. The van der Waals surface area contributed by atoms with E-state index >= 15 is 0 Å². The molecule has 29 heavy (non-hydrogen) atoms. The maximum atomic E-state index is 12.9. The standard InChI is InChI=1S/C21H25F3N4O/c1-14(16-6-4-8-18(12-16)21(22,23)24)9-10-27-20(26-2)28-13-15-5-3-7-17(11-15)19(25)29/h3-8,11-12,14H,9-10,13H2,1-2H3,(H2,25,29)(H2,26,27,28). The van der Waals surface area contributed by atoms with E-state index in [9.17, 15) is 18.0 Å². The largest absolute Gasteiger partial charge is 0.416 e. The van der Waals surface area contributed by atoms with Crippen molar-refractivity contribution < 1.29 is 18.0 Å². The van der Waals surface area contributed by atoms with Gasteiger partial charge in [-0.05, 0) is 41.7 Å². The predicted molar refractivity (Wildman–Crippen MR) is 108 cm³/mol. The normalized spacial score (nSPS) is 13.1. The summed E-state index contributed by atoms with van der Waals surface area (Å²) in [5.74, 6) is 0.0267. The van der Waals surface area contributed by atoms with Crippen LogP contribution in [0.5, 0.6) is 0 Å². The van der Waals surface area contributed by atoms with E-state index in [0.29, 0.717) is 36.6 Å². The van der Waals surface area contributed by atoms with Gasteiger partial charge in [0.15, 0.2) is 5.96 Å². The molecule has 0 aromatic heterocycles. The summed E-state index contributed by atoms with van der Waals surface area (Å²) in [7, 11) is 1.63. The number of benzene rings is 2. The SMILES string of the molecule is CN=C(NCCC(C)c1cccc(C(F)(F)F)c1)NCc1cccc(C(N)=O)c1.